The van der Waals surface area contributed by atoms with Crippen molar-refractivity contribution in [1.29, 1.82) is 0 Å². The molecule has 0 spiro atoms. The summed E-state index contributed by atoms with van der Waals surface area (Å²) in [6.07, 6.45) is 4.39. The lowest BCUT2D eigenvalue weighted by molar-refractivity contribution is 0.602. The molecule has 0 radical (unpaired) electrons. The van der Waals surface area contributed by atoms with Gasteiger partial charge in [-0.25, -0.2) is 18.4 Å². The number of benzene rings is 1. The third kappa shape index (κ3) is 3.40. The van der Waals surface area contributed by atoms with Crippen LogP contribution in [0, 0.1) is 0 Å². The van der Waals surface area contributed by atoms with E-state index in [1.54, 1.807) is 27.7 Å². The Morgan fingerprint density at radius 1 is 1.15 bits per heavy atom. The first kappa shape index (κ1) is 17.5. The zero-order valence-electron chi connectivity index (χ0n) is 14.4. The van der Waals surface area contributed by atoms with Crippen LogP contribution < -0.4 is 0 Å². The number of rotatable bonds is 5. The lowest BCUT2D eigenvalue weighted by Crippen LogP contribution is -2.03. The van der Waals surface area contributed by atoms with Crippen molar-refractivity contribution in [1.82, 2.24) is 40.0 Å². The van der Waals surface area contributed by atoms with E-state index in [-0.39, 0.29) is 4.90 Å². The van der Waals surface area contributed by atoms with Gasteiger partial charge in [-0.3, -0.25) is 4.68 Å². The van der Waals surface area contributed by atoms with Gasteiger partial charge in [0.1, 0.15) is 11.4 Å². The lowest BCUT2D eigenvalue weighted by Gasteiger charge is -2.06. The average Bonchev–Trinajstić information content (AvgIpc) is 3.27. The van der Waals surface area contributed by atoms with Gasteiger partial charge < -0.3 is 0 Å². The summed E-state index contributed by atoms with van der Waals surface area (Å²) in [7, 11) is -1.43. The molecule has 0 saturated heterocycles. The second-order valence-corrected chi connectivity index (χ2v) is 8.73. The molecule has 0 bridgehead atoms. The van der Waals surface area contributed by atoms with Gasteiger partial charge in [0.05, 0.1) is 27.9 Å². The molecular weight excluding hydrogens is 388 g/mol. The van der Waals surface area contributed by atoms with E-state index in [0.717, 1.165) is 16.1 Å². The highest BCUT2D eigenvalue weighted by Gasteiger charge is 2.14. The van der Waals surface area contributed by atoms with Crippen LogP contribution in [0.1, 0.15) is 5.82 Å². The summed E-state index contributed by atoms with van der Waals surface area (Å²) in [5.74, 6) is 1.09. The molecule has 0 aliphatic carbocycles. The number of tetrazole rings is 1. The molecule has 27 heavy (non-hydrogen) atoms. The maximum atomic E-state index is 11.6. The smallest absolute Gasteiger partial charge is 0.175 e. The van der Waals surface area contributed by atoms with Crippen molar-refractivity contribution in [3.8, 4) is 5.69 Å². The van der Waals surface area contributed by atoms with Crippen LogP contribution in [0.4, 0.5) is 0 Å². The van der Waals surface area contributed by atoms with E-state index in [2.05, 4.69) is 30.6 Å². The number of hydrogen-bond donors (Lipinski definition) is 0. The molecule has 0 unspecified atom stereocenters. The van der Waals surface area contributed by atoms with Gasteiger partial charge in [-0.05, 0) is 34.7 Å². The molecule has 3 aromatic heterocycles. The molecule has 12 heteroatoms. The van der Waals surface area contributed by atoms with Crippen LogP contribution in [0.3, 0.4) is 0 Å². The first-order chi connectivity index (χ1) is 12.9. The quantitative estimate of drug-likeness (QED) is 0.356. The van der Waals surface area contributed by atoms with E-state index in [4.69, 9.17) is 0 Å². The number of fused-ring (bicyclic) bond motifs is 1. The molecule has 4 rings (SSSR count). The normalized spacial score (nSPS) is 11.9. The minimum atomic E-state index is -3.25. The molecule has 0 fully saturated rings. The van der Waals surface area contributed by atoms with Crippen LogP contribution >= 0.6 is 11.8 Å². The second kappa shape index (κ2) is 6.70. The first-order valence-corrected chi connectivity index (χ1v) is 10.6. The Kier molecular flexibility index (Phi) is 4.36. The van der Waals surface area contributed by atoms with Crippen LogP contribution in [0.5, 0.6) is 0 Å². The Hall–Kier alpha value is -2.86. The van der Waals surface area contributed by atoms with Gasteiger partial charge in [0.2, 0.25) is 0 Å². The van der Waals surface area contributed by atoms with Crippen molar-refractivity contribution >= 4 is 32.6 Å². The molecular formula is C15H14N8O2S2. The Balaban J connectivity index is 1.59. The number of nitrogens with zero attached hydrogens (tertiary/aromatic N) is 8. The number of sulfone groups is 1. The standard InChI is InChI=1S/C15H14N8O2S2/c1-22-14-12(7-18-22)15(17-9-16-14)26-8-13-19-20-21-23(13)10-3-5-11(6-4-10)27(2,24)25/h3-7,9H,8H2,1-2H3. The van der Waals surface area contributed by atoms with Crippen molar-refractivity contribution < 1.29 is 8.42 Å². The molecule has 0 aliphatic heterocycles. The summed E-state index contributed by atoms with van der Waals surface area (Å²) in [6, 6.07) is 6.41. The Morgan fingerprint density at radius 3 is 2.67 bits per heavy atom. The molecule has 0 saturated carbocycles. The van der Waals surface area contributed by atoms with E-state index in [1.165, 1.54) is 36.5 Å². The Bertz CT molecular complexity index is 1210. The monoisotopic (exact) mass is 402 g/mol. The van der Waals surface area contributed by atoms with E-state index in [9.17, 15) is 8.42 Å². The molecule has 3 heterocycles. The van der Waals surface area contributed by atoms with Gasteiger partial charge in [0, 0.05) is 13.3 Å². The van der Waals surface area contributed by atoms with Crippen LogP contribution in [0.25, 0.3) is 16.7 Å². The third-order valence-corrected chi connectivity index (χ3v) is 6.00. The highest BCUT2D eigenvalue weighted by atomic mass is 32.2. The molecule has 0 N–H and O–H groups in total. The highest BCUT2D eigenvalue weighted by molar-refractivity contribution is 7.98. The maximum Gasteiger partial charge on any atom is 0.175 e. The fourth-order valence-corrected chi connectivity index (χ4v) is 4.02. The number of thioether (sulfide) groups is 1. The fourth-order valence-electron chi connectivity index (χ4n) is 2.52. The average molecular weight is 402 g/mol. The molecule has 0 aliphatic rings. The molecule has 4 aromatic rings. The lowest BCUT2D eigenvalue weighted by atomic mass is 10.3. The van der Waals surface area contributed by atoms with Gasteiger partial charge >= 0.3 is 0 Å². The van der Waals surface area contributed by atoms with E-state index >= 15 is 0 Å². The van der Waals surface area contributed by atoms with Crippen LogP contribution in [-0.4, -0.2) is 54.6 Å². The number of aryl methyl sites for hydroxylation is 1. The summed E-state index contributed by atoms with van der Waals surface area (Å²) in [4.78, 5) is 8.78. The van der Waals surface area contributed by atoms with Crippen molar-refractivity contribution in [2.75, 3.05) is 6.26 Å². The van der Waals surface area contributed by atoms with Gasteiger partial charge in [-0.2, -0.15) is 9.78 Å². The predicted octanol–water partition coefficient (Wildman–Crippen LogP) is 1.03. The summed E-state index contributed by atoms with van der Waals surface area (Å²) in [5, 5.41) is 17.6. The van der Waals surface area contributed by atoms with E-state index < -0.39 is 9.84 Å². The Morgan fingerprint density at radius 2 is 1.93 bits per heavy atom. The van der Waals surface area contributed by atoms with Crippen molar-refractivity contribution in [3.05, 3.63) is 42.6 Å². The van der Waals surface area contributed by atoms with Gasteiger partial charge in [-0.1, -0.05) is 11.8 Å². The van der Waals surface area contributed by atoms with Crippen molar-refractivity contribution in [2.24, 2.45) is 7.05 Å². The highest BCUT2D eigenvalue weighted by Crippen LogP contribution is 2.26. The van der Waals surface area contributed by atoms with E-state index in [1.807, 2.05) is 7.05 Å². The third-order valence-electron chi connectivity index (χ3n) is 3.87. The maximum absolute atomic E-state index is 11.6. The molecule has 1 aromatic carbocycles. The fraction of sp³-hybridized carbons (Fsp3) is 0.200. The number of aromatic nitrogens is 8. The summed E-state index contributed by atoms with van der Waals surface area (Å²) in [6.45, 7) is 0. The SMILES string of the molecule is Cn1ncc2c(SCc3nnnn3-c3ccc(S(C)(=O)=O)cc3)ncnc21. The Labute approximate surface area is 158 Å². The molecule has 138 valence electrons. The second-order valence-electron chi connectivity index (χ2n) is 5.75. The van der Waals surface area contributed by atoms with Gasteiger partial charge in [0.25, 0.3) is 0 Å². The summed E-state index contributed by atoms with van der Waals surface area (Å²) in [5.41, 5.74) is 1.43. The number of hydrogen-bond acceptors (Lipinski definition) is 9. The van der Waals surface area contributed by atoms with Crippen molar-refractivity contribution in [2.45, 2.75) is 15.7 Å². The van der Waals surface area contributed by atoms with Crippen LogP contribution in [0.2, 0.25) is 0 Å². The van der Waals surface area contributed by atoms with Gasteiger partial charge in [-0.15, -0.1) is 5.10 Å². The summed E-state index contributed by atoms with van der Waals surface area (Å²) < 4.78 is 26.5. The first-order valence-electron chi connectivity index (χ1n) is 7.77. The predicted molar refractivity (Wildman–Crippen MR) is 98.1 cm³/mol. The summed E-state index contributed by atoms with van der Waals surface area (Å²) >= 11 is 1.47. The van der Waals surface area contributed by atoms with E-state index in [0.29, 0.717) is 17.3 Å². The van der Waals surface area contributed by atoms with Crippen LogP contribution in [-0.2, 0) is 22.6 Å². The topological polar surface area (TPSA) is 121 Å². The zero-order valence-corrected chi connectivity index (χ0v) is 16.0. The minimum absolute atomic E-state index is 0.246. The largest absolute Gasteiger partial charge is 0.250 e. The minimum Gasteiger partial charge on any atom is -0.250 e. The molecule has 0 amide bonds. The zero-order chi connectivity index (χ0) is 19.0. The van der Waals surface area contributed by atoms with Gasteiger partial charge in [0.15, 0.2) is 21.3 Å². The van der Waals surface area contributed by atoms with Crippen LogP contribution in [0.15, 0.2) is 46.7 Å². The molecule has 0 atom stereocenters. The molecule has 10 nitrogen and oxygen atoms in total. The van der Waals surface area contributed by atoms with Crippen molar-refractivity contribution in [3.63, 3.8) is 0 Å².